The number of nitrogens with one attached hydrogen (secondary N) is 1. The first-order valence-electron chi connectivity index (χ1n) is 8.16. The molecule has 128 valence electrons. The van der Waals surface area contributed by atoms with Crippen LogP contribution in [0.4, 0.5) is 5.69 Å². The zero-order valence-corrected chi connectivity index (χ0v) is 14.3. The summed E-state index contributed by atoms with van der Waals surface area (Å²) in [6.07, 6.45) is 0. The van der Waals surface area contributed by atoms with Crippen molar-refractivity contribution in [3.63, 3.8) is 0 Å². The van der Waals surface area contributed by atoms with Crippen LogP contribution in [0.15, 0.2) is 58.8 Å². The first-order chi connectivity index (χ1) is 12.5. The molecular weight excluding hydrogens is 328 g/mol. The van der Waals surface area contributed by atoms with E-state index in [1.165, 1.54) is 0 Å². The summed E-state index contributed by atoms with van der Waals surface area (Å²) >= 11 is 0. The van der Waals surface area contributed by atoms with Gasteiger partial charge in [-0.3, -0.25) is 9.78 Å². The van der Waals surface area contributed by atoms with Crippen molar-refractivity contribution < 1.29 is 9.90 Å². The molecule has 6 heteroatoms. The molecule has 6 nitrogen and oxygen atoms in total. The Labute approximate surface area is 149 Å². The summed E-state index contributed by atoms with van der Waals surface area (Å²) in [5.74, 6) is -0.592. The van der Waals surface area contributed by atoms with Gasteiger partial charge in [0, 0.05) is 16.5 Å². The third-order valence-electron chi connectivity index (χ3n) is 4.22. The van der Waals surface area contributed by atoms with E-state index in [1.54, 1.807) is 12.1 Å². The van der Waals surface area contributed by atoms with Crippen LogP contribution in [0.3, 0.4) is 0 Å². The molecule has 0 aliphatic rings. The van der Waals surface area contributed by atoms with Crippen LogP contribution in [-0.4, -0.2) is 21.0 Å². The van der Waals surface area contributed by atoms with Crippen molar-refractivity contribution in [2.75, 3.05) is 0 Å². The highest BCUT2D eigenvalue weighted by atomic mass is 16.3. The van der Waals surface area contributed by atoms with E-state index in [0.717, 1.165) is 27.7 Å². The number of fused-ring (bicyclic) bond motifs is 2. The third kappa shape index (κ3) is 2.71. The second kappa shape index (κ2) is 6.07. The number of aromatic nitrogens is 2. The fourth-order valence-corrected chi connectivity index (χ4v) is 3.01. The Hall–Kier alpha value is -3.54. The molecule has 0 radical (unpaired) electrons. The first kappa shape index (κ1) is 16.0. The molecule has 0 saturated heterocycles. The molecule has 2 aromatic heterocycles. The molecule has 26 heavy (non-hydrogen) atoms. The Morgan fingerprint density at radius 1 is 1.08 bits per heavy atom. The molecule has 2 heterocycles. The lowest BCUT2D eigenvalue weighted by atomic mass is 10.1. The molecule has 4 aromatic rings. The van der Waals surface area contributed by atoms with Crippen molar-refractivity contribution in [1.29, 1.82) is 0 Å². The van der Waals surface area contributed by atoms with Crippen molar-refractivity contribution in [2.45, 2.75) is 13.8 Å². The number of amides is 1. The zero-order valence-electron chi connectivity index (χ0n) is 14.3. The van der Waals surface area contributed by atoms with Gasteiger partial charge in [0.1, 0.15) is 0 Å². The number of nitrogens with zero attached hydrogens (tertiary/aromatic N) is 3. The predicted octanol–water partition coefficient (Wildman–Crippen LogP) is 4.96. The number of carbonyl (C=O) groups is 1. The molecular formula is C20H16N4O2. The molecule has 0 unspecified atom stereocenters. The number of benzene rings is 2. The maximum absolute atomic E-state index is 12.7. The molecule has 1 amide bonds. The molecule has 0 saturated carbocycles. The number of pyridine rings is 1. The van der Waals surface area contributed by atoms with Gasteiger partial charge in [-0.05, 0) is 38.1 Å². The minimum atomic E-state index is -0.476. The second-order valence-electron chi connectivity index (χ2n) is 6.20. The molecule has 2 aromatic carbocycles. The van der Waals surface area contributed by atoms with Crippen LogP contribution in [0, 0.1) is 13.8 Å². The highest BCUT2D eigenvalue weighted by molar-refractivity contribution is 6.07. The average Bonchev–Trinajstić information content (AvgIpc) is 2.94. The standard InChI is InChI=1S/C20H16N4O2/c1-11-7-8-17-14(9-11)15(10-12(2)21-17)19(25)24-23-18-13-5-3-4-6-16(13)22-20(18)26/h3-10,22,26H,1-2H3. The number of azo groups is 1. The second-order valence-corrected chi connectivity index (χ2v) is 6.20. The van der Waals surface area contributed by atoms with Crippen molar-refractivity contribution in [2.24, 2.45) is 10.2 Å². The normalized spacial score (nSPS) is 11.6. The van der Waals surface area contributed by atoms with E-state index in [2.05, 4.69) is 20.2 Å². The van der Waals surface area contributed by atoms with Crippen LogP contribution < -0.4 is 0 Å². The number of aryl methyl sites for hydroxylation is 2. The van der Waals surface area contributed by atoms with Gasteiger partial charge in [0.05, 0.1) is 16.6 Å². The fourth-order valence-electron chi connectivity index (χ4n) is 3.01. The summed E-state index contributed by atoms with van der Waals surface area (Å²) in [6.45, 7) is 3.79. The van der Waals surface area contributed by atoms with Crippen LogP contribution in [0.2, 0.25) is 0 Å². The van der Waals surface area contributed by atoms with Crippen LogP contribution in [0.25, 0.3) is 21.8 Å². The van der Waals surface area contributed by atoms with Crippen molar-refractivity contribution in [3.05, 3.63) is 65.4 Å². The number of aromatic hydroxyl groups is 1. The Kier molecular flexibility index (Phi) is 3.73. The Morgan fingerprint density at radius 2 is 1.88 bits per heavy atom. The summed E-state index contributed by atoms with van der Waals surface area (Å²) in [5.41, 5.74) is 3.93. The lowest BCUT2D eigenvalue weighted by Crippen LogP contribution is -1.99. The summed E-state index contributed by atoms with van der Waals surface area (Å²) in [4.78, 5) is 20.0. The van der Waals surface area contributed by atoms with Gasteiger partial charge >= 0.3 is 0 Å². The van der Waals surface area contributed by atoms with Gasteiger partial charge in [-0.25, -0.2) is 0 Å². The number of hydrogen-bond acceptors (Lipinski definition) is 4. The largest absolute Gasteiger partial charge is 0.493 e. The molecule has 4 rings (SSSR count). The Balaban J connectivity index is 1.79. The van der Waals surface area contributed by atoms with Gasteiger partial charge < -0.3 is 10.1 Å². The SMILES string of the molecule is Cc1ccc2nc(C)cc(C(=O)N=Nc3c(O)[nH]c4ccccc34)c2c1. The van der Waals surface area contributed by atoms with Gasteiger partial charge in [0.25, 0.3) is 5.91 Å². The lowest BCUT2D eigenvalue weighted by molar-refractivity contribution is 0.0996. The predicted molar refractivity (Wildman–Crippen MR) is 100 cm³/mol. The molecule has 0 atom stereocenters. The highest BCUT2D eigenvalue weighted by Gasteiger charge is 2.14. The van der Waals surface area contributed by atoms with Gasteiger partial charge in [-0.2, -0.15) is 0 Å². The van der Waals surface area contributed by atoms with Crippen molar-refractivity contribution in [3.8, 4) is 5.88 Å². The first-order valence-corrected chi connectivity index (χ1v) is 8.16. The maximum atomic E-state index is 12.7. The average molecular weight is 344 g/mol. The highest BCUT2D eigenvalue weighted by Crippen LogP contribution is 2.35. The van der Waals surface area contributed by atoms with Crippen LogP contribution >= 0.6 is 0 Å². The molecule has 0 spiro atoms. The van der Waals surface area contributed by atoms with Gasteiger partial charge in [-0.1, -0.05) is 29.8 Å². The monoisotopic (exact) mass is 344 g/mol. The quantitative estimate of drug-likeness (QED) is 0.503. The molecule has 0 bridgehead atoms. The molecule has 0 aliphatic heterocycles. The van der Waals surface area contributed by atoms with E-state index in [9.17, 15) is 9.90 Å². The van der Waals surface area contributed by atoms with Gasteiger partial charge in [0.2, 0.25) is 5.88 Å². The molecule has 0 aliphatic carbocycles. The minimum absolute atomic E-state index is 0.116. The topological polar surface area (TPSA) is 90.7 Å². The molecule has 2 N–H and O–H groups in total. The summed E-state index contributed by atoms with van der Waals surface area (Å²) in [6, 6.07) is 14.8. The van der Waals surface area contributed by atoms with Crippen LogP contribution in [0.1, 0.15) is 21.6 Å². The number of para-hydroxylation sites is 1. The third-order valence-corrected chi connectivity index (χ3v) is 4.22. The summed E-state index contributed by atoms with van der Waals surface area (Å²) in [5, 5.41) is 19.3. The van der Waals surface area contributed by atoms with Gasteiger partial charge in [0.15, 0.2) is 5.69 Å². The number of carbonyl (C=O) groups excluding carboxylic acids is 1. The lowest BCUT2D eigenvalue weighted by Gasteiger charge is -2.05. The maximum Gasteiger partial charge on any atom is 0.296 e. The van der Waals surface area contributed by atoms with Crippen LogP contribution in [0.5, 0.6) is 5.88 Å². The molecule has 0 fully saturated rings. The van der Waals surface area contributed by atoms with Crippen LogP contribution in [-0.2, 0) is 0 Å². The fraction of sp³-hybridized carbons (Fsp3) is 0.100. The van der Waals surface area contributed by atoms with E-state index in [0.29, 0.717) is 10.9 Å². The van der Waals surface area contributed by atoms with E-state index in [1.807, 2.05) is 50.2 Å². The van der Waals surface area contributed by atoms with E-state index in [-0.39, 0.29) is 11.6 Å². The van der Waals surface area contributed by atoms with E-state index in [4.69, 9.17) is 0 Å². The van der Waals surface area contributed by atoms with E-state index >= 15 is 0 Å². The van der Waals surface area contributed by atoms with Crippen molar-refractivity contribution >= 4 is 33.4 Å². The zero-order chi connectivity index (χ0) is 18.3. The number of aromatic amines is 1. The summed E-state index contributed by atoms with van der Waals surface area (Å²) in [7, 11) is 0. The Bertz CT molecular complexity index is 1190. The van der Waals surface area contributed by atoms with E-state index < -0.39 is 5.91 Å². The number of rotatable bonds is 2. The Morgan fingerprint density at radius 3 is 2.73 bits per heavy atom. The number of hydrogen-bond donors (Lipinski definition) is 2. The summed E-state index contributed by atoms with van der Waals surface area (Å²) < 4.78 is 0. The smallest absolute Gasteiger partial charge is 0.296 e. The van der Waals surface area contributed by atoms with Crippen molar-refractivity contribution in [1.82, 2.24) is 9.97 Å². The van der Waals surface area contributed by atoms with Gasteiger partial charge in [-0.15, -0.1) is 10.2 Å². The number of H-pyrrole nitrogens is 1. The minimum Gasteiger partial charge on any atom is -0.493 e.